The smallest absolute Gasteiger partial charge is 0.160 e. The van der Waals surface area contributed by atoms with Crippen LogP contribution < -0.4 is 5.73 Å². The Morgan fingerprint density at radius 3 is 2.46 bits per heavy atom. The summed E-state index contributed by atoms with van der Waals surface area (Å²) in [5.74, 6) is -0.414. The van der Waals surface area contributed by atoms with E-state index >= 15 is 0 Å². The Balaban J connectivity index is 2.64. The number of amidine groups is 1. The minimum absolute atomic E-state index is 0.169. The fraction of sp³-hybridized carbons (Fsp3) is 0.222. The van der Waals surface area contributed by atoms with Gasteiger partial charge in [-0.05, 0) is 17.7 Å². The SMILES string of the molecule is N=C(N)C(F)Cc1ccc(Br)cc1. The lowest BCUT2D eigenvalue weighted by Gasteiger charge is -2.05. The van der Waals surface area contributed by atoms with Crippen LogP contribution in [0.25, 0.3) is 0 Å². The molecule has 0 bridgehead atoms. The molecule has 1 aromatic rings. The molecule has 0 aromatic heterocycles. The van der Waals surface area contributed by atoms with Gasteiger partial charge in [0.25, 0.3) is 0 Å². The van der Waals surface area contributed by atoms with Crippen LogP contribution in [0.2, 0.25) is 0 Å². The molecular formula is C9H10BrFN2. The standard InChI is InChI=1S/C9H10BrFN2/c10-7-3-1-6(2-4-7)5-8(11)9(12)13/h1-4,8H,5H2,(H3,12,13). The van der Waals surface area contributed by atoms with E-state index in [0.29, 0.717) is 0 Å². The minimum atomic E-state index is -1.37. The Morgan fingerprint density at radius 1 is 1.46 bits per heavy atom. The Labute approximate surface area is 84.6 Å². The second-order valence-corrected chi connectivity index (χ2v) is 3.67. The maximum Gasteiger partial charge on any atom is 0.160 e. The molecule has 0 saturated heterocycles. The molecule has 0 aliphatic rings. The third-order valence-electron chi connectivity index (χ3n) is 1.67. The number of halogens is 2. The molecule has 4 heteroatoms. The Bertz CT molecular complexity index is 297. The summed E-state index contributed by atoms with van der Waals surface area (Å²) in [4.78, 5) is 0. The highest BCUT2D eigenvalue weighted by molar-refractivity contribution is 9.10. The van der Waals surface area contributed by atoms with Crippen molar-refractivity contribution in [3.8, 4) is 0 Å². The molecule has 1 atom stereocenters. The second kappa shape index (κ2) is 4.37. The number of hydrogen-bond acceptors (Lipinski definition) is 1. The van der Waals surface area contributed by atoms with Crippen LogP contribution in [0.15, 0.2) is 28.7 Å². The highest BCUT2D eigenvalue weighted by Gasteiger charge is 2.10. The maximum atomic E-state index is 13.0. The van der Waals surface area contributed by atoms with Crippen molar-refractivity contribution in [1.82, 2.24) is 0 Å². The van der Waals surface area contributed by atoms with Gasteiger partial charge in [-0.2, -0.15) is 0 Å². The van der Waals surface area contributed by atoms with Crippen molar-refractivity contribution in [1.29, 1.82) is 5.41 Å². The molecule has 0 heterocycles. The van der Waals surface area contributed by atoms with Crippen molar-refractivity contribution in [2.45, 2.75) is 12.6 Å². The fourth-order valence-electron chi connectivity index (χ4n) is 0.937. The van der Waals surface area contributed by atoms with Gasteiger partial charge < -0.3 is 5.73 Å². The zero-order valence-corrected chi connectivity index (χ0v) is 8.51. The molecule has 0 saturated carbocycles. The van der Waals surface area contributed by atoms with Gasteiger partial charge in [0.1, 0.15) is 5.84 Å². The third-order valence-corrected chi connectivity index (χ3v) is 2.19. The molecule has 1 aromatic carbocycles. The Morgan fingerprint density at radius 2 is 2.00 bits per heavy atom. The van der Waals surface area contributed by atoms with Crippen LogP contribution in [0.3, 0.4) is 0 Å². The molecule has 3 N–H and O–H groups in total. The number of rotatable bonds is 3. The number of hydrogen-bond donors (Lipinski definition) is 2. The highest BCUT2D eigenvalue weighted by Crippen LogP contribution is 2.12. The predicted molar refractivity (Wildman–Crippen MR) is 54.7 cm³/mol. The lowest BCUT2D eigenvalue weighted by molar-refractivity contribution is 0.418. The van der Waals surface area contributed by atoms with Gasteiger partial charge in [-0.15, -0.1) is 0 Å². The summed E-state index contributed by atoms with van der Waals surface area (Å²) in [5.41, 5.74) is 5.85. The van der Waals surface area contributed by atoms with Gasteiger partial charge in [-0.3, -0.25) is 5.41 Å². The van der Waals surface area contributed by atoms with E-state index in [9.17, 15) is 4.39 Å². The van der Waals surface area contributed by atoms with Gasteiger partial charge in [-0.1, -0.05) is 28.1 Å². The lowest BCUT2D eigenvalue weighted by atomic mass is 10.1. The monoisotopic (exact) mass is 244 g/mol. The average Bonchev–Trinajstić information content (AvgIpc) is 2.08. The van der Waals surface area contributed by atoms with Crippen molar-refractivity contribution >= 4 is 21.8 Å². The van der Waals surface area contributed by atoms with E-state index in [1.54, 1.807) is 12.1 Å². The first-order valence-corrected chi connectivity index (χ1v) is 4.61. The number of nitrogens with one attached hydrogen (secondary N) is 1. The number of nitrogens with two attached hydrogens (primary N) is 1. The van der Waals surface area contributed by atoms with Gasteiger partial charge in [0.05, 0.1) is 0 Å². The quantitative estimate of drug-likeness (QED) is 0.622. The van der Waals surface area contributed by atoms with Gasteiger partial charge >= 0.3 is 0 Å². The first-order chi connectivity index (χ1) is 6.09. The molecule has 0 fully saturated rings. The van der Waals surface area contributed by atoms with Gasteiger partial charge in [0.2, 0.25) is 0 Å². The van der Waals surface area contributed by atoms with E-state index in [1.165, 1.54) is 0 Å². The molecule has 1 unspecified atom stereocenters. The normalized spacial score (nSPS) is 12.5. The molecule has 0 aliphatic carbocycles. The topological polar surface area (TPSA) is 49.9 Å². The van der Waals surface area contributed by atoms with E-state index in [4.69, 9.17) is 11.1 Å². The molecule has 1 rings (SSSR count). The van der Waals surface area contributed by atoms with Crippen LogP contribution >= 0.6 is 15.9 Å². The van der Waals surface area contributed by atoms with Crippen molar-refractivity contribution in [2.24, 2.45) is 5.73 Å². The van der Waals surface area contributed by atoms with Crippen LogP contribution in [-0.2, 0) is 6.42 Å². The largest absolute Gasteiger partial charge is 0.385 e. The molecular weight excluding hydrogens is 235 g/mol. The van der Waals surface area contributed by atoms with Crippen LogP contribution in [0, 0.1) is 5.41 Å². The van der Waals surface area contributed by atoms with Crippen LogP contribution in [0.4, 0.5) is 4.39 Å². The molecule has 0 aliphatic heterocycles. The number of benzene rings is 1. The summed E-state index contributed by atoms with van der Waals surface area (Å²) in [6, 6.07) is 7.28. The van der Waals surface area contributed by atoms with Crippen molar-refractivity contribution in [2.75, 3.05) is 0 Å². The highest BCUT2D eigenvalue weighted by atomic mass is 79.9. The molecule has 13 heavy (non-hydrogen) atoms. The Hall–Kier alpha value is -0.900. The lowest BCUT2D eigenvalue weighted by Crippen LogP contribution is -2.25. The maximum absolute atomic E-state index is 13.0. The van der Waals surface area contributed by atoms with Gasteiger partial charge in [0.15, 0.2) is 6.17 Å². The third kappa shape index (κ3) is 3.14. The van der Waals surface area contributed by atoms with E-state index < -0.39 is 12.0 Å². The first kappa shape index (κ1) is 10.2. The molecule has 0 spiro atoms. The summed E-state index contributed by atoms with van der Waals surface area (Å²) >= 11 is 3.28. The molecule has 2 nitrogen and oxygen atoms in total. The summed E-state index contributed by atoms with van der Waals surface area (Å²) in [5, 5.41) is 6.89. The van der Waals surface area contributed by atoms with Crippen molar-refractivity contribution in [3.05, 3.63) is 34.3 Å². The van der Waals surface area contributed by atoms with Crippen molar-refractivity contribution < 1.29 is 4.39 Å². The minimum Gasteiger partial charge on any atom is -0.385 e. The van der Waals surface area contributed by atoms with Gasteiger partial charge in [0, 0.05) is 10.9 Å². The molecule has 0 amide bonds. The predicted octanol–water partition coefficient (Wildman–Crippen LogP) is 2.27. The summed E-state index contributed by atoms with van der Waals surface area (Å²) < 4.78 is 13.9. The molecule has 0 radical (unpaired) electrons. The van der Waals surface area contributed by atoms with Crippen LogP contribution in [0.5, 0.6) is 0 Å². The summed E-state index contributed by atoms with van der Waals surface area (Å²) in [6.45, 7) is 0. The Kier molecular flexibility index (Phi) is 3.42. The van der Waals surface area contributed by atoms with E-state index in [2.05, 4.69) is 15.9 Å². The van der Waals surface area contributed by atoms with E-state index in [1.807, 2.05) is 12.1 Å². The van der Waals surface area contributed by atoms with Crippen LogP contribution in [0.1, 0.15) is 5.56 Å². The zero-order valence-electron chi connectivity index (χ0n) is 6.93. The number of alkyl halides is 1. The summed E-state index contributed by atoms with van der Waals surface area (Å²) in [7, 11) is 0. The zero-order chi connectivity index (χ0) is 9.84. The van der Waals surface area contributed by atoms with Crippen LogP contribution in [-0.4, -0.2) is 12.0 Å². The van der Waals surface area contributed by atoms with E-state index in [0.717, 1.165) is 10.0 Å². The molecule has 70 valence electrons. The van der Waals surface area contributed by atoms with E-state index in [-0.39, 0.29) is 6.42 Å². The van der Waals surface area contributed by atoms with Crippen molar-refractivity contribution in [3.63, 3.8) is 0 Å². The second-order valence-electron chi connectivity index (χ2n) is 2.75. The first-order valence-electron chi connectivity index (χ1n) is 3.82. The van der Waals surface area contributed by atoms with Gasteiger partial charge in [-0.25, -0.2) is 4.39 Å². The summed E-state index contributed by atoms with van der Waals surface area (Å²) in [6.07, 6.45) is -1.20. The fourth-order valence-corrected chi connectivity index (χ4v) is 1.20. The average molecular weight is 245 g/mol.